The standard InChI is InChI=1S/C23H30N2O6S/c1-5-6-14-31-19-10-12-21(13-11-19)32(28,29)25(22(17(2)3)23(26)24-27)16-18-8-7-9-20(15-18)30-4/h5,7-13,15,17,22,27H,1,6,14,16H2,2-4H3,(H,24,26)/t22-/m1/s1. The minimum atomic E-state index is -4.11. The topological polar surface area (TPSA) is 105 Å². The minimum absolute atomic E-state index is 0.00727. The summed E-state index contributed by atoms with van der Waals surface area (Å²) in [6.45, 7) is 7.40. The summed E-state index contributed by atoms with van der Waals surface area (Å²) in [6.07, 6.45) is 2.40. The molecule has 0 saturated heterocycles. The zero-order chi connectivity index (χ0) is 23.7. The minimum Gasteiger partial charge on any atom is -0.497 e. The van der Waals surface area contributed by atoms with Crippen LogP contribution in [-0.4, -0.2) is 43.6 Å². The molecule has 0 saturated carbocycles. The summed E-state index contributed by atoms with van der Waals surface area (Å²) in [4.78, 5) is 12.5. The Morgan fingerprint density at radius 1 is 1.19 bits per heavy atom. The molecule has 2 rings (SSSR count). The van der Waals surface area contributed by atoms with Gasteiger partial charge in [0.05, 0.1) is 18.6 Å². The smallest absolute Gasteiger partial charge is 0.262 e. The monoisotopic (exact) mass is 462 g/mol. The van der Waals surface area contributed by atoms with E-state index in [-0.39, 0.29) is 11.4 Å². The molecule has 2 aromatic rings. The summed E-state index contributed by atoms with van der Waals surface area (Å²) in [6, 6.07) is 11.8. The first-order valence-corrected chi connectivity index (χ1v) is 11.6. The van der Waals surface area contributed by atoms with Crippen molar-refractivity contribution >= 4 is 15.9 Å². The van der Waals surface area contributed by atoms with Crippen molar-refractivity contribution in [3.63, 3.8) is 0 Å². The van der Waals surface area contributed by atoms with Crippen LogP contribution in [0, 0.1) is 5.92 Å². The van der Waals surface area contributed by atoms with Gasteiger partial charge in [-0.1, -0.05) is 32.1 Å². The van der Waals surface area contributed by atoms with Crippen LogP contribution in [-0.2, 0) is 21.4 Å². The van der Waals surface area contributed by atoms with Gasteiger partial charge in [0, 0.05) is 6.54 Å². The fourth-order valence-corrected chi connectivity index (χ4v) is 4.93. The van der Waals surface area contributed by atoms with Crippen molar-refractivity contribution < 1.29 is 27.9 Å². The van der Waals surface area contributed by atoms with Gasteiger partial charge in [-0.3, -0.25) is 10.0 Å². The second kappa shape index (κ2) is 11.7. The van der Waals surface area contributed by atoms with Crippen LogP contribution in [0.4, 0.5) is 0 Å². The van der Waals surface area contributed by atoms with E-state index in [1.54, 1.807) is 61.8 Å². The van der Waals surface area contributed by atoms with E-state index in [0.29, 0.717) is 30.1 Å². The number of nitrogens with zero attached hydrogens (tertiary/aromatic N) is 1. The van der Waals surface area contributed by atoms with Crippen molar-refractivity contribution in [3.8, 4) is 11.5 Å². The van der Waals surface area contributed by atoms with Crippen molar-refractivity contribution in [1.29, 1.82) is 0 Å². The van der Waals surface area contributed by atoms with Crippen LogP contribution < -0.4 is 15.0 Å². The molecule has 8 nitrogen and oxygen atoms in total. The van der Waals surface area contributed by atoms with Crippen molar-refractivity contribution in [3.05, 3.63) is 66.7 Å². The van der Waals surface area contributed by atoms with Crippen LogP contribution in [0.3, 0.4) is 0 Å². The molecule has 0 aliphatic rings. The van der Waals surface area contributed by atoms with Gasteiger partial charge in [0.2, 0.25) is 10.0 Å². The predicted octanol–water partition coefficient (Wildman–Crippen LogP) is 3.37. The molecule has 0 heterocycles. The molecule has 0 aliphatic carbocycles. The molecule has 1 amide bonds. The van der Waals surface area contributed by atoms with E-state index in [1.807, 2.05) is 0 Å². The van der Waals surface area contributed by atoms with Crippen LogP contribution in [0.1, 0.15) is 25.8 Å². The maximum Gasteiger partial charge on any atom is 0.262 e. The van der Waals surface area contributed by atoms with Crippen molar-refractivity contribution in [2.75, 3.05) is 13.7 Å². The van der Waals surface area contributed by atoms with E-state index in [0.717, 1.165) is 4.31 Å². The zero-order valence-corrected chi connectivity index (χ0v) is 19.3. The van der Waals surface area contributed by atoms with Gasteiger partial charge in [-0.15, -0.1) is 6.58 Å². The average Bonchev–Trinajstić information content (AvgIpc) is 2.78. The Hall–Kier alpha value is -2.88. The number of rotatable bonds is 12. The Morgan fingerprint density at radius 3 is 2.44 bits per heavy atom. The molecule has 9 heteroatoms. The molecule has 0 fully saturated rings. The summed E-state index contributed by atoms with van der Waals surface area (Å²) < 4.78 is 39.1. The normalized spacial score (nSPS) is 12.4. The number of hydrogen-bond acceptors (Lipinski definition) is 6. The lowest BCUT2D eigenvalue weighted by Gasteiger charge is -2.32. The summed E-state index contributed by atoms with van der Waals surface area (Å²) >= 11 is 0. The Balaban J connectivity index is 2.46. The number of methoxy groups -OCH3 is 1. The summed E-state index contributed by atoms with van der Waals surface area (Å²) in [5.74, 6) is -0.132. The first-order chi connectivity index (χ1) is 15.2. The van der Waals surface area contributed by atoms with Gasteiger partial charge in [-0.05, 0) is 54.3 Å². The molecule has 32 heavy (non-hydrogen) atoms. The fourth-order valence-electron chi connectivity index (χ4n) is 3.22. The largest absolute Gasteiger partial charge is 0.497 e. The van der Waals surface area contributed by atoms with Gasteiger partial charge in [0.25, 0.3) is 5.91 Å². The number of sulfonamides is 1. The number of amides is 1. The first kappa shape index (κ1) is 25.4. The number of ether oxygens (including phenoxy) is 2. The van der Waals surface area contributed by atoms with Crippen LogP contribution in [0.15, 0.2) is 66.1 Å². The molecule has 0 aliphatic heterocycles. The van der Waals surface area contributed by atoms with E-state index in [9.17, 15) is 18.4 Å². The summed E-state index contributed by atoms with van der Waals surface area (Å²) in [5.41, 5.74) is 2.23. The molecule has 1 atom stereocenters. The highest BCUT2D eigenvalue weighted by atomic mass is 32.2. The second-order valence-electron chi connectivity index (χ2n) is 7.46. The fraction of sp³-hybridized carbons (Fsp3) is 0.348. The summed E-state index contributed by atoms with van der Waals surface area (Å²) in [5, 5.41) is 9.26. The van der Waals surface area contributed by atoms with Gasteiger partial charge in [0.1, 0.15) is 17.5 Å². The van der Waals surface area contributed by atoms with E-state index in [4.69, 9.17) is 9.47 Å². The highest BCUT2D eigenvalue weighted by Crippen LogP contribution is 2.27. The summed E-state index contributed by atoms with van der Waals surface area (Å²) in [7, 11) is -2.59. The Kier molecular flexibility index (Phi) is 9.25. The third-order valence-corrected chi connectivity index (χ3v) is 6.66. The Morgan fingerprint density at radius 2 is 1.88 bits per heavy atom. The maximum absolute atomic E-state index is 13.6. The highest BCUT2D eigenvalue weighted by Gasteiger charge is 2.38. The van der Waals surface area contributed by atoms with Crippen LogP contribution in [0.2, 0.25) is 0 Å². The predicted molar refractivity (Wildman–Crippen MR) is 121 cm³/mol. The molecule has 0 spiro atoms. The number of benzene rings is 2. The Bertz CT molecular complexity index is 1010. The van der Waals surface area contributed by atoms with Crippen LogP contribution >= 0.6 is 0 Å². The molecule has 174 valence electrons. The number of carbonyl (C=O) groups excluding carboxylic acids is 1. The van der Waals surface area contributed by atoms with E-state index in [2.05, 4.69) is 6.58 Å². The first-order valence-electron chi connectivity index (χ1n) is 10.2. The van der Waals surface area contributed by atoms with Crippen molar-refractivity contribution in [1.82, 2.24) is 9.79 Å². The average molecular weight is 463 g/mol. The molecule has 0 aromatic heterocycles. The quantitative estimate of drug-likeness (QED) is 0.217. The molecule has 2 N–H and O–H groups in total. The molecule has 0 unspecified atom stereocenters. The lowest BCUT2D eigenvalue weighted by molar-refractivity contribution is -0.134. The van der Waals surface area contributed by atoms with Gasteiger partial charge in [0.15, 0.2) is 0 Å². The van der Waals surface area contributed by atoms with Crippen molar-refractivity contribution in [2.45, 2.75) is 37.8 Å². The molecule has 2 aromatic carbocycles. The number of nitrogens with one attached hydrogen (secondary N) is 1. The van der Waals surface area contributed by atoms with Gasteiger partial charge < -0.3 is 9.47 Å². The maximum atomic E-state index is 13.6. The van der Waals surface area contributed by atoms with E-state index in [1.165, 1.54) is 19.2 Å². The lowest BCUT2D eigenvalue weighted by Crippen LogP contribution is -2.51. The van der Waals surface area contributed by atoms with Crippen molar-refractivity contribution in [2.24, 2.45) is 5.92 Å². The lowest BCUT2D eigenvalue weighted by atomic mass is 10.0. The van der Waals surface area contributed by atoms with Crippen LogP contribution in [0.5, 0.6) is 11.5 Å². The molecule has 0 radical (unpaired) electrons. The third-order valence-electron chi connectivity index (χ3n) is 4.81. The molecule has 0 bridgehead atoms. The van der Waals surface area contributed by atoms with Gasteiger partial charge in [-0.2, -0.15) is 4.31 Å². The van der Waals surface area contributed by atoms with E-state index < -0.39 is 27.9 Å². The number of hydroxylamine groups is 1. The number of carbonyl (C=O) groups is 1. The number of hydrogen-bond donors (Lipinski definition) is 2. The third kappa shape index (κ3) is 6.32. The highest BCUT2D eigenvalue weighted by molar-refractivity contribution is 7.89. The van der Waals surface area contributed by atoms with Gasteiger partial charge in [-0.25, -0.2) is 13.9 Å². The zero-order valence-electron chi connectivity index (χ0n) is 18.5. The van der Waals surface area contributed by atoms with Crippen LogP contribution in [0.25, 0.3) is 0 Å². The molecular formula is C23H30N2O6S. The SMILES string of the molecule is C=CCCOc1ccc(S(=O)(=O)N(Cc2cccc(OC)c2)[C@@H](C(=O)NO)C(C)C)cc1. The van der Waals surface area contributed by atoms with Gasteiger partial charge >= 0.3 is 0 Å². The van der Waals surface area contributed by atoms with E-state index >= 15 is 0 Å². The molecular weight excluding hydrogens is 432 g/mol. The second-order valence-corrected chi connectivity index (χ2v) is 9.35. The Labute approximate surface area is 189 Å².